The van der Waals surface area contributed by atoms with Crippen molar-refractivity contribution in [1.29, 1.82) is 0 Å². The largest absolute Gasteiger partial charge is 0.481 e. The predicted octanol–water partition coefficient (Wildman–Crippen LogP) is 2.52. The van der Waals surface area contributed by atoms with Gasteiger partial charge >= 0.3 is 12.1 Å². The van der Waals surface area contributed by atoms with Gasteiger partial charge in [0.05, 0.1) is 5.41 Å². The summed E-state index contributed by atoms with van der Waals surface area (Å²) in [4.78, 5) is 14.4. The molecule has 18 heavy (non-hydrogen) atoms. The van der Waals surface area contributed by atoms with E-state index < -0.39 is 23.4 Å². The number of hydrogen-bond acceptors (Lipinski definition) is 4. The van der Waals surface area contributed by atoms with Crippen molar-refractivity contribution >= 4 is 5.97 Å². The minimum atomic E-state index is -4.69. The highest BCUT2D eigenvalue weighted by Crippen LogP contribution is 2.32. The molecule has 1 aromatic rings. The van der Waals surface area contributed by atoms with E-state index in [0.717, 1.165) is 0 Å². The van der Waals surface area contributed by atoms with Crippen molar-refractivity contribution in [2.24, 2.45) is 5.41 Å². The van der Waals surface area contributed by atoms with Gasteiger partial charge in [-0.3, -0.25) is 4.79 Å². The first kappa shape index (κ1) is 14.5. The zero-order valence-electron chi connectivity index (χ0n) is 9.91. The van der Waals surface area contributed by atoms with E-state index in [1.54, 1.807) is 13.8 Å². The van der Waals surface area contributed by atoms with E-state index in [0.29, 0.717) is 0 Å². The van der Waals surface area contributed by atoms with Crippen molar-refractivity contribution in [3.8, 4) is 0 Å². The lowest BCUT2D eigenvalue weighted by Crippen LogP contribution is -2.32. The maximum absolute atomic E-state index is 12.3. The van der Waals surface area contributed by atoms with E-state index in [2.05, 4.69) is 14.7 Å². The van der Waals surface area contributed by atoms with Gasteiger partial charge < -0.3 is 9.63 Å². The van der Waals surface area contributed by atoms with Crippen LogP contribution in [0.2, 0.25) is 0 Å². The molecule has 0 amide bonds. The number of halogens is 3. The number of carboxylic acids is 1. The fraction of sp³-hybridized carbons (Fsp3) is 0.700. The van der Waals surface area contributed by atoms with Crippen molar-refractivity contribution < 1.29 is 27.6 Å². The van der Waals surface area contributed by atoms with Crippen LogP contribution in [0.15, 0.2) is 4.52 Å². The average Bonchev–Trinajstić information content (AvgIpc) is 2.73. The molecule has 0 atom stereocenters. The molecule has 0 aliphatic carbocycles. The molecule has 0 fully saturated rings. The van der Waals surface area contributed by atoms with Gasteiger partial charge in [-0.25, -0.2) is 0 Å². The molecule has 0 radical (unpaired) electrons. The lowest BCUT2D eigenvalue weighted by atomic mass is 9.79. The van der Waals surface area contributed by atoms with Gasteiger partial charge in [-0.1, -0.05) is 19.0 Å². The normalized spacial score (nSPS) is 12.7. The lowest BCUT2D eigenvalue weighted by molar-refractivity contribution is -0.149. The molecule has 102 valence electrons. The van der Waals surface area contributed by atoms with Gasteiger partial charge in [-0.2, -0.15) is 18.2 Å². The van der Waals surface area contributed by atoms with E-state index in [4.69, 9.17) is 5.11 Å². The smallest absolute Gasteiger partial charge is 0.455 e. The predicted molar refractivity (Wildman–Crippen MR) is 53.7 cm³/mol. The Morgan fingerprint density at radius 2 is 1.89 bits per heavy atom. The first-order valence-electron chi connectivity index (χ1n) is 5.38. The van der Waals surface area contributed by atoms with E-state index in [-0.39, 0.29) is 25.2 Å². The minimum absolute atomic E-state index is 0.210. The molecule has 0 saturated carbocycles. The van der Waals surface area contributed by atoms with Gasteiger partial charge in [0.2, 0.25) is 5.89 Å². The molecule has 0 spiro atoms. The van der Waals surface area contributed by atoms with Crippen molar-refractivity contribution in [3.63, 3.8) is 0 Å². The summed E-state index contributed by atoms with van der Waals surface area (Å²) < 4.78 is 41.2. The van der Waals surface area contributed by atoms with E-state index >= 15 is 0 Å². The maximum Gasteiger partial charge on any atom is 0.455 e. The number of carbonyl (C=O) groups is 1. The van der Waals surface area contributed by atoms with E-state index in [9.17, 15) is 18.0 Å². The van der Waals surface area contributed by atoms with Crippen LogP contribution in [0.5, 0.6) is 0 Å². The maximum atomic E-state index is 12.3. The van der Waals surface area contributed by atoms with Crippen LogP contribution >= 0.6 is 0 Å². The summed E-state index contributed by atoms with van der Waals surface area (Å²) >= 11 is 0. The van der Waals surface area contributed by atoms with Crippen LogP contribution in [0.3, 0.4) is 0 Å². The Morgan fingerprint density at radius 3 is 2.22 bits per heavy atom. The van der Waals surface area contributed by atoms with Crippen LogP contribution in [-0.2, 0) is 17.4 Å². The molecule has 0 aromatic carbocycles. The van der Waals surface area contributed by atoms with Crippen LogP contribution in [-0.4, -0.2) is 21.2 Å². The fourth-order valence-corrected chi connectivity index (χ4v) is 1.61. The SMILES string of the molecule is CCC(CC)(Cc1nc(C(F)(F)F)no1)C(=O)O. The van der Waals surface area contributed by atoms with E-state index in [1.165, 1.54) is 0 Å². The summed E-state index contributed by atoms with van der Waals surface area (Å²) in [5.74, 6) is -2.78. The molecule has 5 nitrogen and oxygen atoms in total. The Kier molecular flexibility index (Phi) is 3.98. The molecule has 0 bridgehead atoms. The molecule has 0 aliphatic rings. The molecule has 0 aliphatic heterocycles. The first-order valence-corrected chi connectivity index (χ1v) is 5.38. The standard InChI is InChI=1S/C10H13F3N2O3/c1-3-9(4-2,8(16)17)5-6-14-7(15-18-6)10(11,12)13/h3-5H2,1-2H3,(H,16,17). The quantitative estimate of drug-likeness (QED) is 0.886. The summed E-state index contributed by atoms with van der Waals surface area (Å²) in [5.41, 5.74) is -1.17. The second-order valence-electron chi connectivity index (χ2n) is 3.98. The van der Waals surface area contributed by atoms with Gasteiger partial charge in [0.15, 0.2) is 0 Å². The van der Waals surface area contributed by atoms with Crippen molar-refractivity contribution in [1.82, 2.24) is 10.1 Å². The summed E-state index contributed by atoms with van der Waals surface area (Å²) in [6.45, 7) is 3.30. The van der Waals surface area contributed by atoms with Crippen LogP contribution in [0, 0.1) is 5.41 Å². The molecule has 1 rings (SSSR count). The minimum Gasteiger partial charge on any atom is -0.481 e. The molecule has 1 aromatic heterocycles. The summed E-state index contributed by atoms with van der Waals surface area (Å²) in [5, 5.41) is 11.9. The van der Waals surface area contributed by atoms with Crippen molar-refractivity contribution in [2.45, 2.75) is 39.3 Å². The zero-order chi connectivity index (χ0) is 14.0. The number of alkyl halides is 3. The van der Waals surface area contributed by atoms with E-state index in [1.807, 2.05) is 0 Å². The third-order valence-corrected chi connectivity index (χ3v) is 3.02. The summed E-state index contributed by atoms with van der Waals surface area (Å²) in [6, 6.07) is 0. The van der Waals surface area contributed by atoms with Gasteiger partial charge in [0.25, 0.3) is 5.82 Å². The number of carboxylic acid groups (broad SMARTS) is 1. The summed E-state index contributed by atoms with van der Waals surface area (Å²) in [6.07, 6.45) is -4.37. The monoisotopic (exact) mass is 266 g/mol. The third kappa shape index (κ3) is 2.80. The van der Waals surface area contributed by atoms with Crippen LogP contribution in [0.4, 0.5) is 13.2 Å². The Labute approximate surface area is 101 Å². The zero-order valence-corrected chi connectivity index (χ0v) is 9.91. The molecule has 1 heterocycles. The number of hydrogen-bond donors (Lipinski definition) is 1. The van der Waals surface area contributed by atoms with Crippen LogP contribution in [0.1, 0.15) is 38.4 Å². The highest BCUT2D eigenvalue weighted by Gasteiger charge is 2.40. The third-order valence-electron chi connectivity index (χ3n) is 3.02. The van der Waals surface area contributed by atoms with Gasteiger partial charge in [-0.15, -0.1) is 0 Å². The second-order valence-corrected chi connectivity index (χ2v) is 3.98. The van der Waals surface area contributed by atoms with Crippen molar-refractivity contribution in [2.75, 3.05) is 0 Å². The lowest BCUT2D eigenvalue weighted by Gasteiger charge is -2.24. The van der Waals surface area contributed by atoms with Crippen molar-refractivity contribution in [3.05, 3.63) is 11.7 Å². The average molecular weight is 266 g/mol. The van der Waals surface area contributed by atoms with Crippen LogP contribution < -0.4 is 0 Å². The fourth-order valence-electron chi connectivity index (χ4n) is 1.61. The number of aliphatic carboxylic acids is 1. The molecule has 0 saturated heterocycles. The number of rotatable bonds is 5. The first-order chi connectivity index (χ1) is 8.25. The Bertz CT molecular complexity index is 424. The molecule has 1 N–H and O–H groups in total. The highest BCUT2D eigenvalue weighted by molar-refractivity contribution is 5.74. The number of nitrogens with zero attached hydrogens (tertiary/aromatic N) is 2. The molecule has 0 unspecified atom stereocenters. The van der Waals surface area contributed by atoms with Crippen LogP contribution in [0.25, 0.3) is 0 Å². The van der Waals surface area contributed by atoms with Gasteiger partial charge in [0, 0.05) is 6.42 Å². The Hall–Kier alpha value is -1.60. The Morgan fingerprint density at radius 1 is 1.33 bits per heavy atom. The topological polar surface area (TPSA) is 76.2 Å². The molecular weight excluding hydrogens is 253 g/mol. The summed E-state index contributed by atoms with van der Waals surface area (Å²) in [7, 11) is 0. The second kappa shape index (κ2) is 4.95. The van der Waals surface area contributed by atoms with Gasteiger partial charge in [-0.05, 0) is 12.8 Å². The highest BCUT2D eigenvalue weighted by atomic mass is 19.4. The Balaban J connectivity index is 2.96. The van der Waals surface area contributed by atoms with Gasteiger partial charge in [0.1, 0.15) is 0 Å². The molecular formula is C10H13F3N2O3. The number of aromatic nitrogens is 2. The molecule has 8 heteroatoms.